The van der Waals surface area contributed by atoms with Crippen molar-refractivity contribution < 1.29 is 17.9 Å². The number of aromatic nitrogens is 3. The van der Waals surface area contributed by atoms with Crippen molar-refractivity contribution in [2.24, 2.45) is 0 Å². The Morgan fingerprint density at radius 1 is 1.09 bits per heavy atom. The highest BCUT2D eigenvalue weighted by atomic mass is 32.2. The number of hydrogen-bond donors (Lipinski definition) is 1. The molecule has 176 valence electrons. The predicted octanol–water partition coefficient (Wildman–Crippen LogP) is 4.25. The molecule has 0 bridgehead atoms. The molecule has 1 N–H and O–H groups in total. The van der Waals surface area contributed by atoms with E-state index in [1.165, 1.54) is 36.6 Å². The third kappa shape index (κ3) is 4.53. The second-order valence-corrected chi connectivity index (χ2v) is 10.6. The molecule has 2 aromatic carbocycles. The third-order valence-electron chi connectivity index (χ3n) is 5.44. The quantitative estimate of drug-likeness (QED) is 0.355. The van der Waals surface area contributed by atoms with Gasteiger partial charge in [-0.15, -0.1) is 11.3 Å². The van der Waals surface area contributed by atoms with E-state index < -0.39 is 9.84 Å². The molecule has 0 aliphatic heterocycles. The summed E-state index contributed by atoms with van der Waals surface area (Å²) in [4.78, 5) is 17.4. The summed E-state index contributed by atoms with van der Waals surface area (Å²) >= 11 is 1.38. The molecule has 0 radical (unpaired) electrons. The zero-order chi connectivity index (χ0) is 24.4. The maximum absolute atomic E-state index is 13.3. The zero-order valence-corrected chi connectivity index (χ0v) is 20.2. The van der Waals surface area contributed by atoms with Crippen LogP contribution in [0.3, 0.4) is 0 Å². The molecule has 0 aliphatic rings. The first kappa shape index (κ1) is 22.8. The fourth-order valence-electron chi connectivity index (χ4n) is 3.62. The molecular weight excluding hydrogens is 484 g/mol. The van der Waals surface area contributed by atoms with E-state index in [1.807, 2.05) is 12.1 Å². The van der Waals surface area contributed by atoms with Gasteiger partial charge in [-0.3, -0.25) is 9.78 Å². The fraction of sp³-hybridized carbons (Fsp3) is 0.0800. The number of pyridine rings is 1. The van der Waals surface area contributed by atoms with Crippen molar-refractivity contribution in [3.8, 4) is 11.4 Å². The average molecular weight is 505 g/mol. The molecule has 8 nitrogen and oxygen atoms in total. The number of carbonyl (C=O) groups excluding carboxylic acids is 1. The summed E-state index contributed by atoms with van der Waals surface area (Å²) < 4.78 is 34.5. The van der Waals surface area contributed by atoms with Crippen molar-refractivity contribution in [1.29, 1.82) is 0 Å². The third-order valence-corrected chi connectivity index (χ3v) is 8.33. The van der Waals surface area contributed by atoms with Crippen LogP contribution in [-0.2, 0) is 16.4 Å². The largest absolute Gasteiger partial charge is 0.495 e. The highest BCUT2D eigenvalue weighted by molar-refractivity contribution is 7.91. The zero-order valence-electron chi connectivity index (χ0n) is 18.6. The summed E-state index contributed by atoms with van der Waals surface area (Å²) in [5.74, 6) is 0.0396. The van der Waals surface area contributed by atoms with Gasteiger partial charge in [0.2, 0.25) is 9.84 Å². The Bertz CT molecular complexity index is 1580. The minimum Gasteiger partial charge on any atom is -0.495 e. The number of ether oxygens (including phenoxy) is 1. The number of fused-ring (bicyclic) bond motifs is 1. The van der Waals surface area contributed by atoms with E-state index in [9.17, 15) is 13.2 Å². The van der Waals surface area contributed by atoms with Gasteiger partial charge in [-0.05, 0) is 53.4 Å². The van der Waals surface area contributed by atoms with Crippen LogP contribution in [0, 0.1) is 0 Å². The smallest absolute Gasteiger partial charge is 0.261 e. The number of rotatable bonds is 7. The Labute approximate surface area is 205 Å². The van der Waals surface area contributed by atoms with Gasteiger partial charge in [-0.25, -0.2) is 13.1 Å². The van der Waals surface area contributed by atoms with Gasteiger partial charge >= 0.3 is 0 Å². The molecule has 0 fully saturated rings. The summed E-state index contributed by atoms with van der Waals surface area (Å²) in [7, 11) is -2.39. The lowest BCUT2D eigenvalue weighted by atomic mass is 10.2. The summed E-state index contributed by atoms with van der Waals surface area (Å²) in [6.45, 7) is 0.271. The number of benzene rings is 2. The molecule has 10 heteroatoms. The van der Waals surface area contributed by atoms with E-state index in [0.29, 0.717) is 10.6 Å². The van der Waals surface area contributed by atoms with Gasteiger partial charge in [0.15, 0.2) is 0 Å². The van der Waals surface area contributed by atoms with Crippen molar-refractivity contribution in [3.05, 3.63) is 95.9 Å². The van der Waals surface area contributed by atoms with Gasteiger partial charge in [0.25, 0.3) is 5.91 Å². The van der Waals surface area contributed by atoms with Crippen LogP contribution in [0.25, 0.3) is 15.8 Å². The van der Waals surface area contributed by atoms with Gasteiger partial charge < -0.3 is 10.1 Å². The monoisotopic (exact) mass is 504 g/mol. The van der Waals surface area contributed by atoms with Crippen LogP contribution in [0.1, 0.15) is 15.2 Å². The Kier molecular flexibility index (Phi) is 6.06. The predicted molar refractivity (Wildman–Crippen MR) is 133 cm³/mol. The number of methoxy groups -OCH3 is 1. The van der Waals surface area contributed by atoms with Crippen molar-refractivity contribution in [3.63, 3.8) is 0 Å². The Morgan fingerprint density at radius 3 is 2.63 bits per heavy atom. The first-order chi connectivity index (χ1) is 17.0. The Hall–Kier alpha value is -4.02. The first-order valence-electron chi connectivity index (χ1n) is 10.6. The van der Waals surface area contributed by atoms with E-state index in [2.05, 4.69) is 15.4 Å². The normalized spacial score (nSPS) is 11.5. The van der Waals surface area contributed by atoms with Crippen LogP contribution in [0.4, 0.5) is 0 Å². The van der Waals surface area contributed by atoms with E-state index in [1.54, 1.807) is 59.8 Å². The summed E-state index contributed by atoms with van der Waals surface area (Å²) in [6, 6.07) is 16.7. The number of carbonyl (C=O) groups is 1. The number of sulfone groups is 1. The van der Waals surface area contributed by atoms with Gasteiger partial charge in [-0.1, -0.05) is 12.1 Å². The van der Waals surface area contributed by atoms with Crippen LogP contribution in [-0.4, -0.2) is 36.2 Å². The number of amides is 1. The number of nitrogens with one attached hydrogen (secondary N) is 1. The Morgan fingerprint density at radius 2 is 1.91 bits per heavy atom. The van der Waals surface area contributed by atoms with Gasteiger partial charge in [0.05, 0.1) is 27.3 Å². The van der Waals surface area contributed by atoms with Crippen molar-refractivity contribution in [2.75, 3.05) is 7.11 Å². The molecule has 1 amide bonds. The molecule has 3 heterocycles. The molecule has 0 saturated carbocycles. The van der Waals surface area contributed by atoms with Crippen LogP contribution in [0.15, 0.2) is 95.2 Å². The minimum absolute atomic E-state index is 0.0659. The van der Waals surface area contributed by atoms with Crippen molar-refractivity contribution >= 4 is 37.2 Å². The van der Waals surface area contributed by atoms with E-state index in [0.717, 1.165) is 15.6 Å². The minimum atomic E-state index is -3.82. The highest BCUT2D eigenvalue weighted by Crippen LogP contribution is 2.31. The fourth-order valence-corrected chi connectivity index (χ4v) is 5.97. The molecule has 0 unspecified atom stereocenters. The SMILES string of the molecule is COc1cc(-n2cccn2)ccc1S(=O)(=O)c1ccc(CNC(=O)c2cc3ccncc3s2)cc1. The van der Waals surface area contributed by atoms with Crippen LogP contribution in [0.2, 0.25) is 0 Å². The molecule has 0 saturated heterocycles. The summed E-state index contributed by atoms with van der Waals surface area (Å²) in [5, 5.41) is 8.01. The molecule has 0 aliphatic carbocycles. The second kappa shape index (κ2) is 9.32. The molecule has 35 heavy (non-hydrogen) atoms. The molecular formula is C25H20N4O4S2. The lowest BCUT2D eigenvalue weighted by molar-refractivity contribution is 0.0955. The van der Waals surface area contributed by atoms with E-state index >= 15 is 0 Å². The molecule has 5 rings (SSSR count). The Balaban J connectivity index is 1.31. The molecule has 0 atom stereocenters. The van der Waals surface area contributed by atoms with Gasteiger partial charge in [0.1, 0.15) is 10.6 Å². The van der Waals surface area contributed by atoms with E-state index in [-0.39, 0.29) is 28.0 Å². The number of hydrogen-bond acceptors (Lipinski definition) is 7. The maximum atomic E-state index is 13.3. The molecule has 5 aromatic rings. The topological polar surface area (TPSA) is 103 Å². The lowest BCUT2D eigenvalue weighted by Crippen LogP contribution is -2.21. The number of nitrogens with zero attached hydrogens (tertiary/aromatic N) is 3. The molecule has 3 aromatic heterocycles. The van der Waals surface area contributed by atoms with Crippen LogP contribution in [0.5, 0.6) is 5.75 Å². The highest BCUT2D eigenvalue weighted by Gasteiger charge is 2.23. The van der Waals surface area contributed by atoms with Crippen molar-refractivity contribution in [1.82, 2.24) is 20.1 Å². The van der Waals surface area contributed by atoms with Crippen LogP contribution < -0.4 is 10.1 Å². The summed E-state index contributed by atoms with van der Waals surface area (Å²) in [6.07, 6.45) is 6.82. The molecule has 0 spiro atoms. The van der Waals surface area contributed by atoms with Crippen LogP contribution >= 0.6 is 11.3 Å². The second-order valence-electron chi connectivity index (χ2n) is 7.64. The van der Waals surface area contributed by atoms with Gasteiger partial charge in [0, 0.05) is 37.4 Å². The lowest BCUT2D eigenvalue weighted by Gasteiger charge is -2.12. The van der Waals surface area contributed by atoms with Gasteiger partial charge in [-0.2, -0.15) is 5.10 Å². The standard InChI is InChI=1S/C25H20N4O4S2/c1-33-21-14-19(29-12-2-10-28-29)5-8-24(21)35(31,32)20-6-3-17(4-7-20)15-27-25(30)22-13-18-9-11-26-16-23(18)34-22/h2-14,16H,15H2,1H3,(H,27,30). The summed E-state index contributed by atoms with van der Waals surface area (Å²) in [5.41, 5.74) is 1.47. The number of thiophene rings is 1. The van der Waals surface area contributed by atoms with E-state index in [4.69, 9.17) is 4.74 Å². The first-order valence-corrected chi connectivity index (χ1v) is 12.9. The van der Waals surface area contributed by atoms with Crippen molar-refractivity contribution in [2.45, 2.75) is 16.3 Å². The maximum Gasteiger partial charge on any atom is 0.261 e. The average Bonchev–Trinajstić information content (AvgIpc) is 3.57.